The van der Waals surface area contributed by atoms with Crippen molar-refractivity contribution in [3.63, 3.8) is 0 Å². The van der Waals surface area contributed by atoms with Crippen molar-refractivity contribution in [3.05, 3.63) is 59.8 Å². The predicted molar refractivity (Wildman–Crippen MR) is 100 cm³/mol. The number of halogens is 1. The first kappa shape index (κ1) is 17.0. The molecule has 7 heteroatoms. The molecule has 0 fully saturated rings. The first-order valence-electron chi connectivity index (χ1n) is 7.84. The van der Waals surface area contributed by atoms with E-state index in [1.54, 1.807) is 25.4 Å². The van der Waals surface area contributed by atoms with Crippen molar-refractivity contribution in [2.45, 2.75) is 6.92 Å². The smallest absolute Gasteiger partial charge is 0.249 e. The Labute approximate surface area is 151 Å². The lowest BCUT2D eigenvalue weighted by Crippen LogP contribution is -2.18. The van der Waals surface area contributed by atoms with E-state index in [4.69, 9.17) is 16.3 Å². The number of anilines is 4. The van der Waals surface area contributed by atoms with E-state index in [2.05, 4.69) is 32.3 Å². The number of nitrogens with one attached hydrogen (secondary N) is 1. The first-order valence-corrected chi connectivity index (χ1v) is 8.22. The highest BCUT2D eigenvalue weighted by atomic mass is 35.5. The molecule has 0 amide bonds. The molecular weight excluding hydrogens is 338 g/mol. The minimum Gasteiger partial charge on any atom is -0.495 e. The Morgan fingerprint density at radius 1 is 1.16 bits per heavy atom. The molecule has 0 aliphatic carbocycles. The van der Waals surface area contributed by atoms with Crippen molar-refractivity contribution >= 4 is 34.7 Å². The Balaban J connectivity index is 1.85. The Morgan fingerprint density at radius 3 is 2.64 bits per heavy atom. The van der Waals surface area contributed by atoms with Crippen molar-refractivity contribution in [2.75, 3.05) is 23.9 Å². The molecule has 0 atom stereocenters. The molecule has 0 aliphatic heterocycles. The second-order valence-electron chi connectivity index (χ2n) is 5.19. The number of hydrogen-bond donors (Lipinski definition) is 1. The van der Waals surface area contributed by atoms with Crippen molar-refractivity contribution in [1.29, 1.82) is 0 Å². The van der Waals surface area contributed by atoms with Crippen molar-refractivity contribution < 1.29 is 4.74 Å². The van der Waals surface area contributed by atoms with E-state index in [-0.39, 0.29) is 0 Å². The number of nitrogens with zero attached hydrogens (tertiary/aromatic N) is 4. The molecule has 0 bridgehead atoms. The lowest BCUT2D eigenvalue weighted by molar-refractivity contribution is 0.415. The average Bonchev–Trinajstić information content (AvgIpc) is 2.64. The maximum atomic E-state index is 6.15. The summed E-state index contributed by atoms with van der Waals surface area (Å²) >= 11 is 6.15. The maximum Gasteiger partial charge on any atom is 0.249 e. The number of hydrogen-bond acceptors (Lipinski definition) is 6. The highest BCUT2D eigenvalue weighted by Gasteiger charge is 2.11. The Hall–Kier alpha value is -2.86. The van der Waals surface area contributed by atoms with E-state index in [9.17, 15) is 0 Å². The summed E-state index contributed by atoms with van der Waals surface area (Å²) in [6.07, 6.45) is 1.64. The summed E-state index contributed by atoms with van der Waals surface area (Å²) in [6.45, 7) is 2.82. The van der Waals surface area contributed by atoms with Crippen LogP contribution >= 0.6 is 11.6 Å². The first-order chi connectivity index (χ1) is 12.2. The molecule has 3 rings (SSSR count). The zero-order valence-electron chi connectivity index (χ0n) is 14.0. The van der Waals surface area contributed by atoms with Crippen LogP contribution in [0.1, 0.15) is 6.92 Å². The van der Waals surface area contributed by atoms with Crippen LogP contribution in [0.4, 0.5) is 23.1 Å². The fourth-order valence-corrected chi connectivity index (χ4v) is 2.69. The molecule has 0 saturated heterocycles. The molecule has 25 heavy (non-hydrogen) atoms. The monoisotopic (exact) mass is 355 g/mol. The van der Waals surface area contributed by atoms with Gasteiger partial charge in [-0.1, -0.05) is 29.8 Å². The summed E-state index contributed by atoms with van der Waals surface area (Å²) in [6, 6.07) is 15.4. The number of ether oxygens (including phenoxy) is 1. The molecule has 1 aromatic heterocycles. The third-order valence-electron chi connectivity index (χ3n) is 3.61. The molecule has 1 heterocycles. The van der Waals surface area contributed by atoms with Gasteiger partial charge in [-0.15, -0.1) is 5.10 Å². The number of rotatable bonds is 6. The molecule has 1 N–H and O–H groups in total. The average molecular weight is 356 g/mol. The summed E-state index contributed by atoms with van der Waals surface area (Å²) in [5.74, 6) is 1.72. The van der Waals surface area contributed by atoms with Gasteiger partial charge in [-0.3, -0.25) is 0 Å². The quantitative estimate of drug-likeness (QED) is 0.705. The Bertz CT molecular complexity index is 844. The minimum atomic E-state index is 0.396. The molecule has 0 spiro atoms. The molecular formula is C18H18ClN5O. The molecule has 0 saturated carbocycles. The minimum absolute atomic E-state index is 0.396. The van der Waals surface area contributed by atoms with E-state index in [1.807, 2.05) is 36.4 Å². The Kier molecular flexibility index (Phi) is 5.30. The van der Waals surface area contributed by atoms with E-state index in [0.29, 0.717) is 22.5 Å². The summed E-state index contributed by atoms with van der Waals surface area (Å²) < 4.78 is 5.15. The number of aromatic nitrogens is 3. The van der Waals surface area contributed by atoms with Crippen LogP contribution in [-0.4, -0.2) is 28.8 Å². The summed E-state index contributed by atoms with van der Waals surface area (Å²) in [7, 11) is 1.58. The normalized spacial score (nSPS) is 10.4. The number of methoxy groups -OCH3 is 1. The summed E-state index contributed by atoms with van der Waals surface area (Å²) in [4.78, 5) is 6.61. The molecule has 0 unspecified atom stereocenters. The molecule has 0 radical (unpaired) electrons. The van der Waals surface area contributed by atoms with Gasteiger partial charge in [-0.05, 0) is 37.3 Å². The second-order valence-corrected chi connectivity index (χ2v) is 5.60. The van der Waals surface area contributed by atoms with Crippen LogP contribution in [0.15, 0.2) is 54.7 Å². The van der Waals surface area contributed by atoms with Crippen LogP contribution < -0.4 is 15.0 Å². The zero-order valence-corrected chi connectivity index (χ0v) is 14.7. The highest BCUT2D eigenvalue weighted by molar-refractivity contribution is 6.32. The van der Waals surface area contributed by atoms with Crippen LogP contribution in [0.25, 0.3) is 0 Å². The van der Waals surface area contributed by atoms with Crippen LogP contribution in [0.2, 0.25) is 5.02 Å². The zero-order chi connectivity index (χ0) is 17.6. The summed E-state index contributed by atoms with van der Waals surface area (Å²) in [5, 5.41) is 11.7. The van der Waals surface area contributed by atoms with E-state index in [0.717, 1.165) is 17.9 Å². The lowest BCUT2D eigenvalue weighted by atomic mass is 10.3. The van der Waals surface area contributed by atoms with E-state index in [1.165, 1.54) is 0 Å². The van der Waals surface area contributed by atoms with Gasteiger partial charge >= 0.3 is 0 Å². The van der Waals surface area contributed by atoms with Gasteiger partial charge in [0.25, 0.3) is 0 Å². The fraction of sp³-hybridized carbons (Fsp3) is 0.167. The largest absolute Gasteiger partial charge is 0.495 e. The van der Waals surface area contributed by atoms with Gasteiger partial charge in [-0.25, -0.2) is 0 Å². The van der Waals surface area contributed by atoms with Crippen LogP contribution in [0.3, 0.4) is 0 Å². The topological polar surface area (TPSA) is 63.2 Å². The number of benzene rings is 2. The maximum absolute atomic E-state index is 6.15. The summed E-state index contributed by atoms with van der Waals surface area (Å²) in [5.41, 5.74) is 1.80. The molecule has 128 valence electrons. The molecule has 6 nitrogen and oxygen atoms in total. The molecule has 0 aliphatic rings. The van der Waals surface area contributed by atoms with Crippen molar-refractivity contribution in [3.8, 4) is 5.75 Å². The van der Waals surface area contributed by atoms with Gasteiger partial charge in [-0.2, -0.15) is 10.1 Å². The second kappa shape index (κ2) is 7.81. The van der Waals surface area contributed by atoms with Gasteiger partial charge < -0.3 is 15.0 Å². The third kappa shape index (κ3) is 3.97. The fourth-order valence-electron chi connectivity index (χ4n) is 2.44. The van der Waals surface area contributed by atoms with Gasteiger partial charge in [0.2, 0.25) is 5.95 Å². The van der Waals surface area contributed by atoms with Crippen molar-refractivity contribution in [1.82, 2.24) is 15.2 Å². The van der Waals surface area contributed by atoms with Gasteiger partial charge in [0.05, 0.1) is 18.3 Å². The number of para-hydroxylation sites is 1. The van der Waals surface area contributed by atoms with Crippen LogP contribution in [-0.2, 0) is 0 Å². The predicted octanol–water partition coefficient (Wildman–Crippen LogP) is 4.44. The van der Waals surface area contributed by atoms with Gasteiger partial charge in [0.1, 0.15) is 5.75 Å². The van der Waals surface area contributed by atoms with Gasteiger partial charge in [0, 0.05) is 17.9 Å². The molecule has 3 aromatic rings. The standard InChI is InChI=1S/C18H18ClN5O/c1-3-24(14-7-5-4-6-8-14)17-12-20-23-18(22-17)21-13-9-10-16(25-2)15(19)11-13/h4-12H,3H2,1-2H3,(H,21,22,23). The van der Waals surface area contributed by atoms with Crippen LogP contribution in [0, 0.1) is 0 Å². The van der Waals surface area contributed by atoms with Crippen molar-refractivity contribution in [2.24, 2.45) is 0 Å². The Morgan fingerprint density at radius 2 is 1.96 bits per heavy atom. The molecule has 2 aromatic carbocycles. The van der Waals surface area contributed by atoms with Gasteiger partial charge in [0.15, 0.2) is 5.82 Å². The lowest BCUT2D eigenvalue weighted by Gasteiger charge is -2.21. The SMILES string of the molecule is CCN(c1ccccc1)c1cnnc(Nc2ccc(OC)c(Cl)c2)n1. The van der Waals surface area contributed by atoms with Crippen LogP contribution in [0.5, 0.6) is 5.75 Å². The van der Waals surface area contributed by atoms with E-state index < -0.39 is 0 Å². The highest BCUT2D eigenvalue weighted by Crippen LogP contribution is 2.29. The third-order valence-corrected chi connectivity index (χ3v) is 3.91. The van der Waals surface area contributed by atoms with E-state index >= 15 is 0 Å².